The third-order valence-electron chi connectivity index (χ3n) is 1.33. The molecule has 1 aliphatic rings. The average molecular weight is 105 g/mol. The molecule has 0 aromatic heterocycles. The van der Waals surface area contributed by atoms with Gasteiger partial charge < -0.3 is 4.90 Å². The molecule has 0 bridgehead atoms. The average Bonchev–Trinajstić information content (AvgIpc) is 1.86. The molecule has 2 heteroatoms. The van der Waals surface area contributed by atoms with E-state index in [0.29, 0.717) is 0 Å². The summed E-state index contributed by atoms with van der Waals surface area (Å²) in [6.07, 6.45) is 2.83. The zero-order valence-electron chi connectivity index (χ0n) is 4.68. The molecule has 1 rings (SSSR count). The Balaban J connectivity index is 0.000000360. The first-order valence-electron chi connectivity index (χ1n) is 2.58. The van der Waals surface area contributed by atoms with E-state index >= 15 is 0 Å². The SMILES string of the molecule is CN1CCCC1.F. The van der Waals surface area contributed by atoms with Crippen LogP contribution in [0, 0.1) is 0 Å². The highest BCUT2D eigenvalue weighted by Crippen LogP contribution is 2.01. The van der Waals surface area contributed by atoms with Gasteiger partial charge in [0.25, 0.3) is 0 Å². The predicted molar refractivity (Wildman–Crippen MR) is 29.2 cm³/mol. The Kier molecular flexibility index (Phi) is 2.92. The maximum absolute atomic E-state index is 2.36. The van der Waals surface area contributed by atoms with Gasteiger partial charge in [-0.1, -0.05) is 0 Å². The van der Waals surface area contributed by atoms with Crippen LogP contribution in [-0.2, 0) is 0 Å². The van der Waals surface area contributed by atoms with Gasteiger partial charge in [-0.3, -0.25) is 4.70 Å². The number of halogens is 1. The van der Waals surface area contributed by atoms with Gasteiger partial charge in [0.1, 0.15) is 0 Å². The molecule has 0 atom stereocenters. The van der Waals surface area contributed by atoms with Crippen molar-refractivity contribution in [2.75, 3.05) is 20.1 Å². The van der Waals surface area contributed by atoms with E-state index in [1.54, 1.807) is 0 Å². The largest absolute Gasteiger partial charge is 0.306 e. The Bertz CT molecular complexity index is 41.3. The van der Waals surface area contributed by atoms with Crippen molar-refractivity contribution in [1.29, 1.82) is 0 Å². The highest BCUT2D eigenvalue weighted by Gasteiger charge is 2.03. The predicted octanol–water partition coefficient (Wildman–Crippen LogP) is 0.864. The molecule has 44 valence electrons. The van der Waals surface area contributed by atoms with Crippen LogP contribution in [0.1, 0.15) is 12.8 Å². The smallest absolute Gasteiger partial charge is 0.00213 e. The third-order valence-corrected chi connectivity index (χ3v) is 1.33. The van der Waals surface area contributed by atoms with E-state index in [1.165, 1.54) is 25.9 Å². The Morgan fingerprint density at radius 2 is 1.57 bits per heavy atom. The normalized spacial score (nSPS) is 21.9. The minimum Gasteiger partial charge on any atom is -0.306 e. The minimum atomic E-state index is 0. The van der Waals surface area contributed by atoms with E-state index < -0.39 is 0 Å². The van der Waals surface area contributed by atoms with E-state index in [4.69, 9.17) is 0 Å². The van der Waals surface area contributed by atoms with Gasteiger partial charge in [-0.25, -0.2) is 0 Å². The quantitative estimate of drug-likeness (QED) is 0.441. The molecule has 0 saturated carbocycles. The second kappa shape index (κ2) is 2.97. The number of hydrogen-bond acceptors (Lipinski definition) is 1. The van der Waals surface area contributed by atoms with E-state index in [2.05, 4.69) is 11.9 Å². The molecule has 0 unspecified atom stereocenters. The van der Waals surface area contributed by atoms with E-state index in [-0.39, 0.29) is 4.70 Å². The maximum atomic E-state index is 2.36. The Morgan fingerprint density at radius 1 is 1.14 bits per heavy atom. The van der Waals surface area contributed by atoms with Crippen molar-refractivity contribution in [3.8, 4) is 0 Å². The fraction of sp³-hybridized carbons (Fsp3) is 1.00. The summed E-state index contributed by atoms with van der Waals surface area (Å²) in [5, 5.41) is 0. The van der Waals surface area contributed by atoms with Crippen LogP contribution in [0.5, 0.6) is 0 Å². The first-order chi connectivity index (χ1) is 2.89. The lowest BCUT2D eigenvalue weighted by atomic mass is 10.4. The second-order valence-corrected chi connectivity index (χ2v) is 2.01. The molecule has 0 aromatic carbocycles. The number of hydrogen-bond donors (Lipinski definition) is 0. The Labute approximate surface area is 43.7 Å². The van der Waals surface area contributed by atoms with Crippen molar-refractivity contribution < 1.29 is 4.70 Å². The van der Waals surface area contributed by atoms with Crippen LogP contribution in [0.3, 0.4) is 0 Å². The molecule has 0 radical (unpaired) electrons. The molecular formula is C5H12FN. The van der Waals surface area contributed by atoms with Crippen molar-refractivity contribution in [3.05, 3.63) is 0 Å². The second-order valence-electron chi connectivity index (χ2n) is 2.01. The molecule has 1 nitrogen and oxygen atoms in total. The molecular weight excluding hydrogens is 93.1 g/mol. The van der Waals surface area contributed by atoms with Gasteiger partial charge in [-0.05, 0) is 33.0 Å². The molecule has 0 amide bonds. The summed E-state index contributed by atoms with van der Waals surface area (Å²) in [6, 6.07) is 0. The van der Waals surface area contributed by atoms with Crippen molar-refractivity contribution >= 4 is 0 Å². The van der Waals surface area contributed by atoms with E-state index in [1.807, 2.05) is 0 Å². The van der Waals surface area contributed by atoms with Crippen LogP contribution in [0.2, 0.25) is 0 Å². The van der Waals surface area contributed by atoms with Gasteiger partial charge >= 0.3 is 0 Å². The summed E-state index contributed by atoms with van der Waals surface area (Å²) in [4.78, 5) is 2.36. The summed E-state index contributed by atoms with van der Waals surface area (Å²) in [5.74, 6) is 0. The Hall–Kier alpha value is -0.110. The fourth-order valence-corrected chi connectivity index (χ4v) is 0.875. The Morgan fingerprint density at radius 3 is 1.71 bits per heavy atom. The molecule has 1 aliphatic heterocycles. The lowest BCUT2D eigenvalue weighted by Gasteiger charge is -2.01. The lowest BCUT2D eigenvalue weighted by Crippen LogP contribution is -2.10. The van der Waals surface area contributed by atoms with Crippen molar-refractivity contribution in [2.24, 2.45) is 0 Å². The lowest BCUT2D eigenvalue weighted by molar-refractivity contribution is 0.418. The van der Waals surface area contributed by atoms with Crippen molar-refractivity contribution in [1.82, 2.24) is 4.90 Å². The van der Waals surface area contributed by atoms with Gasteiger partial charge in [0.2, 0.25) is 0 Å². The fourth-order valence-electron chi connectivity index (χ4n) is 0.875. The number of nitrogens with zero attached hydrogens (tertiary/aromatic N) is 1. The van der Waals surface area contributed by atoms with Gasteiger partial charge in [0, 0.05) is 0 Å². The van der Waals surface area contributed by atoms with Crippen LogP contribution in [-0.4, -0.2) is 25.0 Å². The van der Waals surface area contributed by atoms with E-state index in [9.17, 15) is 0 Å². The number of likely N-dealkylation sites (tertiary alicyclic amines) is 1. The highest BCUT2D eigenvalue weighted by molar-refractivity contribution is 4.59. The van der Waals surface area contributed by atoms with Gasteiger partial charge in [0.05, 0.1) is 0 Å². The molecule has 7 heavy (non-hydrogen) atoms. The van der Waals surface area contributed by atoms with Crippen LogP contribution >= 0.6 is 0 Å². The summed E-state index contributed by atoms with van der Waals surface area (Å²) >= 11 is 0. The summed E-state index contributed by atoms with van der Waals surface area (Å²) < 4.78 is 0. The van der Waals surface area contributed by atoms with Crippen molar-refractivity contribution in [2.45, 2.75) is 12.8 Å². The summed E-state index contributed by atoms with van der Waals surface area (Å²) in [7, 11) is 2.17. The summed E-state index contributed by atoms with van der Waals surface area (Å²) in [6.45, 7) is 2.64. The highest BCUT2D eigenvalue weighted by atomic mass is 19.0. The van der Waals surface area contributed by atoms with Crippen LogP contribution in [0.15, 0.2) is 0 Å². The van der Waals surface area contributed by atoms with Crippen molar-refractivity contribution in [3.63, 3.8) is 0 Å². The number of rotatable bonds is 0. The summed E-state index contributed by atoms with van der Waals surface area (Å²) in [5.41, 5.74) is 0. The zero-order chi connectivity index (χ0) is 4.41. The standard InChI is InChI=1S/C5H11N.FH/c1-6-4-2-3-5-6;/h2-5H2,1H3;1H. The van der Waals surface area contributed by atoms with Gasteiger partial charge in [0.15, 0.2) is 0 Å². The van der Waals surface area contributed by atoms with Gasteiger partial charge in [-0.2, -0.15) is 0 Å². The van der Waals surface area contributed by atoms with Crippen LogP contribution < -0.4 is 0 Å². The van der Waals surface area contributed by atoms with Crippen LogP contribution in [0.25, 0.3) is 0 Å². The first kappa shape index (κ1) is 6.89. The van der Waals surface area contributed by atoms with Gasteiger partial charge in [-0.15, -0.1) is 0 Å². The third kappa shape index (κ3) is 1.88. The molecule has 1 fully saturated rings. The molecule has 1 heterocycles. The van der Waals surface area contributed by atoms with E-state index in [0.717, 1.165) is 0 Å². The molecule has 0 spiro atoms. The maximum Gasteiger partial charge on any atom is -0.00213 e. The van der Waals surface area contributed by atoms with Crippen LogP contribution in [0.4, 0.5) is 4.70 Å². The monoisotopic (exact) mass is 105 g/mol. The molecule has 1 saturated heterocycles. The minimum absolute atomic E-state index is 0. The molecule has 0 aromatic rings. The molecule has 0 aliphatic carbocycles. The molecule has 0 N–H and O–H groups in total. The first-order valence-corrected chi connectivity index (χ1v) is 2.58. The zero-order valence-corrected chi connectivity index (χ0v) is 4.68. The topological polar surface area (TPSA) is 3.24 Å².